The van der Waals surface area contributed by atoms with Gasteiger partial charge in [-0.15, -0.1) is 0 Å². The van der Waals surface area contributed by atoms with Crippen LogP contribution in [0.1, 0.15) is 15.9 Å². The SMILES string of the molecule is COc1ccc(C(=O)NCCNc2ccc(C(F)(F)F)cc2[N+](=O)[O-])cc1F. The summed E-state index contributed by atoms with van der Waals surface area (Å²) in [7, 11) is 1.28. The summed E-state index contributed by atoms with van der Waals surface area (Å²) in [5.74, 6) is -1.33. The van der Waals surface area contributed by atoms with Gasteiger partial charge in [0.05, 0.1) is 17.6 Å². The highest BCUT2D eigenvalue weighted by Crippen LogP contribution is 2.34. The highest BCUT2D eigenvalue weighted by atomic mass is 19.4. The van der Waals surface area contributed by atoms with Gasteiger partial charge in [0.1, 0.15) is 5.69 Å². The average molecular weight is 401 g/mol. The Balaban J connectivity index is 1.97. The number of alkyl halides is 3. The molecule has 0 fully saturated rings. The Morgan fingerprint density at radius 2 is 1.89 bits per heavy atom. The fraction of sp³-hybridized carbons (Fsp3) is 0.235. The maximum absolute atomic E-state index is 13.6. The number of hydrogen-bond donors (Lipinski definition) is 2. The first-order valence-corrected chi connectivity index (χ1v) is 7.84. The first-order chi connectivity index (χ1) is 13.1. The molecule has 0 aliphatic carbocycles. The molecule has 7 nitrogen and oxygen atoms in total. The molecule has 0 spiro atoms. The molecule has 0 aromatic heterocycles. The van der Waals surface area contributed by atoms with Crippen LogP contribution < -0.4 is 15.4 Å². The van der Waals surface area contributed by atoms with Gasteiger partial charge in [-0.2, -0.15) is 13.2 Å². The summed E-state index contributed by atoms with van der Waals surface area (Å²) in [4.78, 5) is 22.0. The standard InChI is InChI=1S/C17H15F4N3O4/c1-28-15-5-2-10(8-12(15)18)16(25)23-7-6-22-13-4-3-11(17(19,20)21)9-14(13)24(26)27/h2-5,8-9,22H,6-7H2,1H3,(H,23,25). The number of nitrogens with zero attached hydrogens (tertiary/aromatic N) is 1. The number of amides is 1. The van der Waals surface area contributed by atoms with E-state index in [1.165, 1.54) is 19.2 Å². The zero-order valence-electron chi connectivity index (χ0n) is 14.5. The molecular weight excluding hydrogens is 386 g/mol. The van der Waals surface area contributed by atoms with E-state index >= 15 is 0 Å². The highest BCUT2D eigenvalue weighted by molar-refractivity contribution is 5.94. The van der Waals surface area contributed by atoms with E-state index in [9.17, 15) is 32.5 Å². The molecule has 0 atom stereocenters. The van der Waals surface area contributed by atoms with Crippen LogP contribution in [0.4, 0.5) is 28.9 Å². The van der Waals surface area contributed by atoms with Crippen LogP contribution in [-0.4, -0.2) is 31.0 Å². The molecule has 2 aromatic carbocycles. The van der Waals surface area contributed by atoms with Crippen LogP contribution in [0.25, 0.3) is 0 Å². The number of benzene rings is 2. The number of carbonyl (C=O) groups excluding carboxylic acids is 1. The van der Waals surface area contributed by atoms with Crippen molar-refractivity contribution in [3.63, 3.8) is 0 Å². The van der Waals surface area contributed by atoms with Crippen LogP contribution in [0, 0.1) is 15.9 Å². The number of methoxy groups -OCH3 is 1. The summed E-state index contributed by atoms with van der Waals surface area (Å²) in [6.45, 7) is -0.0127. The highest BCUT2D eigenvalue weighted by Gasteiger charge is 2.33. The molecule has 28 heavy (non-hydrogen) atoms. The third-order valence-corrected chi connectivity index (χ3v) is 3.66. The monoisotopic (exact) mass is 401 g/mol. The maximum Gasteiger partial charge on any atom is 0.416 e. The molecule has 0 aliphatic rings. The van der Waals surface area contributed by atoms with Crippen LogP contribution in [0.5, 0.6) is 5.75 Å². The van der Waals surface area contributed by atoms with Gasteiger partial charge in [-0.25, -0.2) is 4.39 Å². The van der Waals surface area contributed by atoms with Crippen LogP contribution in [-0.2, 0) is 6.18 Å². The number of carbonyl (C=O) groups is 1. The second kappa shape index (κ2) is 8.55. The first-order valence-electron chi connectivity index (χ1n) is 7.84. The number of nitrogens with one attached hydrogen (secondary N) is 2. The van der Waals surface area contributed by atoms with E-state index in [1.807, 2.05) is 0 Å². The molecule has 0 aliphatic heterocycles. The van der Waals surface area contributed by atoms with Crippen molar-refractivity contribution in [1.82, 2.24) is 5.32 Å². The molecule has 2 rings (SSSR count). The van der Waals surface area contributed by atoms with E-state index in [-0.39, 0.29) is 30.1 Å². The predicted molar refractivity (Wildman–Crippen MR) is 91.9 cm³/mol. The Kier molecular flexibility index (Phi) is 6.39. The molecule has 150 valence electrons. The number of anilines is 1. The minimum absolute atomic E-state index is 0.00339. The number of rotatable bonds is 7. The molecule has 0 unspecified atom stereocenters. The second-order valence-corrected chi connectivity index (χ2v) is 5.52. The van der Waals surface area contributed by atoms with Crippen molar-refractivity contribution in [2.45, 2.75) is 6.18 Å². The molecule has 2 N–H and O–H groups in total. The fourth-order valence-corrected chi connectivity index (χ4v) is 2.29. The number of ether oxygens (including phenoxy) is 1. The summed E-state index contributed by atoms with van der Waals surface area (Å²) in [5.41, 5.74) is -1.96. The number of halogens is 4. The zero-order valence-corrected chi connectivity index (χ0v) is 14.5. The minimum atomic E-state index is -4.70. The van der Waals surface area contributed by atoms with Crippen molar-refractivity contribution in [3.05, 3.63) is 63.5 Å². The van der Waals surface area contributed by atoms with Crippen LogP contribution >= 0.6 is 0 Å². The fourth-order valence-electron chi connectivity index (χ4n) is 2.29. The van der Waals surface area contributed by atoms with Gasteiger partial charge in [-0.05, 0) is 30.3 Å². The summed E-state index contributed by atoms with van der Waals surface area (Å²) in [6.07, 6.45) is -4.70. The van der Waals surface area contributed by atoms with Crippen molar-refractivity contribution in [1.29, 1.82) is 0 Å². The molecule has 0 heterocycles. The average Bonchev–Trinajstić information content (AvgIpc) is 2.64. The van der Waals surface area contributed by atoms with Crippen molar-refractivity contribution in [3.8, 4) is 5.75 Å². The molecular formula is C17H15F4N3O4. The molecule has 0 saturated carbocycles. The van der Waals surface area contributed by atoms with Crippen molar-refractivity contribution in [2.24, 2.45) is 0 Å². The van der Waals surface area contributed by atoms with Gasteiger partial charge in [-0.1, -0.05) is 0 Å². The number of hydrogen-bond acceptors (Lipinski definition) is 5. The van der Waals surface area contributed by atoms with E-state index in [2.05, 4.69) is 10.6 Å². The minimum Gasteiger partial charge on any atom is -0.494 e. The van der Waals surface area contributed by atoms with Gasteiger partial charge >= 0.3 is 6.18 Å². The Hall–Kier alpha value is -3.37. The van der Waals surface area contributed by atoms with Crippen molar-refractivity contribution in [2.75, 3.05) is 25.5 Å². The third kappa shape index (κ3) is 5.09. The lowest BCUT2D eigenvalue weighted by Gasteiger charge is -2.11. The summed E-state index contributed by atoms with van der Waals surface area (Å²) in [6, 6.07) is 5.72. The number of nitro groups is 1. The van der Waals surface area contributed by atoms with Crippen LogP contribution in [0.3, 0.4) is 0 Å². The predicted octanol–water partition coefficient (Wildman–Crippen LogP) is 3.60. The smallest absolute Gasteiger partial charge is 0.416 e. The Bertz CT molecular complexity index is 887. The second-order valence-electron chi connectivity index (χ2n) is 5.52. The molecule has 11 heteroatoms. The van der Waals surface area contributed by atoms with E-state index in [4.69, 9.17) is 4.74 Å². The maximum atomic E-state index is 13.6. The lowest BCUT2D eigenvalue weighted by atomic mass is 10.1. The Morgan fingerprint density at radius 3 is 2.46 bits per heavy atom. The van der Waals surface area contributed by atoms with Crippen molar-refractivity contribution >= 4 is 17.3 Å². The van der Waals surface area contributed by atoms with E-state index in [0.717, 1.165) is 12.1 Å². The first kappa shape index (κ1) is 20.9. The number of nitro benzene ring substituents is 1. The Labute approximate surface area is 156 Å². The quantitative estimate of drug-likeness (QED) is 0.320. The van der Waals surface area contributed by atoms with Crippen LogP contribution in [0.2, 0.25) is 0 Å². The van der Waals surface area contributed by atoms with Gasteiger partial charge in [0.25, 0.3) is 11.6 Å². The van der Waals surface area contributed by atoms with Crippen molar-refractivity contribution < 1.29 is 32.0 Å². The van der Waals surface area contributed by atoms with Gasteiger partial charge in [0, 0.05) is 24.7 Å². The van der Waals surface area contributed by atoms with Gasteiger partial charge < -0.3 is 15.4 Å². The van der Waals surface area contributed by atoms with Crippen LogP contribution in [0.15, 0.2) is 36.4 Å². The topological polar surface area (TPSA) is 93.5 Å². The Morgan fingerprint density at radius 1 is 1.18 bits per heavy atom. The largest absolute Gasteiger partial charge is 0.494 e. The summed E-state index contributed by atoms with van der Waals surface area (Å²) in [5, 5.41) is 16.0. The van der Waals surface area contributed by atoms with E-state index in [0.29, 0.717) is 12.1 Å². The summed E-state index contributed by atoms with van der Waals surface area (Å²) >= 11 is 0. The summed E-state index contributed by atoms with van der Waals surface area (Å²) < 4.78 is 56.4. The van der Waals surface area contributed by atoms with Gasteiger partial charge in [0.15, 0.2) is 11.6 Å². The van der Waals surface area contributed by atoms with E-state index < -0.39 is 34.1 Å². The molecule has 0 saturated heterocycles. The van der Waals surface area contributed by atoms with E-state index in [1.54, 1.807) is 0 Å². The van der Waals surface area contributed by atoms with Gasteiger partial charge in [0.2, 0.25) is 0 Å². The normalized spacial score (nSPS) is 11.0. The molecule has 2 aromatic rings. The van der Waals surface area contributed by atoms with Gasteiger partial charge in [-0.3, -0.25) is 14.9 Å². The lowest BCUT2D eigenvalue weighted by molar-refractivity contribution is -0.384. The lowest BCUT2D eigenvalue weighted by Crippen LogP contribution is -2.29. The molecule has 0 bridgehead atoms. The third-order valence-electron chi connectivity index (χ3n) is 3.66. The zero-order chi connectivity index (χ0) is 20.9. The molecule has 0 radical (unpaired) electrons. The molecule has 1 amide bonds.